The van der Waals surface area contributed by atoms with Crippen LogP contribution in [-0.4, -0.2) is 38.4 Å². The predicted molar refractivity (Wildman–Crippen MR) is 97.5 cm³/mol. The molecule has 0 spiro atoms. The number of nitrogens with zero attached hydrogens (tertiary/aromatic N) is 2. The van der Waals surface area contributed by atoms with Crippen LogP contribution in [-0.2, 0) is 15.8 Å². The van der Waals surface area contributed by atoms with Gasteiger partial charge in [-0.05, 0) is 35.9 Å². The maximum atomic E-state index is 12.2. The third-order valence-corrected chi connectivity index (χ3v) is 6.34. The maximum Gasteiger partial charge on any atom is 0.387 e. The van der Waals surface area contributed by atoms with Gasteiger partial charge in [-0.25, -0.2) is 17.7 Å². The lowest BCUT2D eigenvalue weighted by Gasteiger charge is -2.10. The normalized spacial score (nSPS) is 12.2. The van der Waals surface area contributed by atoms with Crippen molar-refractivity contribution in [3.05, 3.63) is 48.0 Å². The molecule has 0 aliphatic heterocycles. The van der Waals surface area contributed by atoms with E-state index in [9.17, 15) is 17.2 Å². The van der Waals surface area contributed by atoms with Crippen LogP contribution in [0.4, 0.5) is 8.78 Å². The number of hydrogen-bond acceptors (Lipinski definition) is 6. The van der Waals surface area contributed by atoms with Gasteiger partial charge in [0.2, 0.25) is 10.0 Å². The summed E-state index contributed by atoms with van der Waals surface area (Å²) in [6.45, 7) is -2.86. The first kappa shape index (κ1) is 19.6. The van der Waals surface area contributed by atoms with E-state index in [1.54, 1.807) is 18.2 Å². The molecule has 0 amide bonds. The molecule has 0 saturated carbocycles. The Labute approximate surface area is 159 Å². The Morgan fingerprint density at radius 3 is 2.52 bits per heavy atom. The molecule has 144 valence electrons. The summed E-state index contributed by atoms with van der Waals surface area (Å²) in [5, 5.41) is 0.386. The predicted octanol–water partition coefficient (Wildman–Crippen LogP) is 3.97. The Hall–Kier alpha value is -2.17. The fourth-order valence-electron chi connectivity index (χ4n) is 2.23. The zero-order valence-corrected chi connectivity index (χ0v) is 16.1. The minimum Gasteiger partial charge on any atom is -0.435 e. The van der Waals surface area contributed by atoms with Crippen LogP contribution < -0.4 is 4.74 Å². The van der Waals surface area contributed by atoms with Crippen molar-refractivity contribution < 1.29 is 26.4 Å². The Balaban J connectivity index is 1.72. The summed E-state index contributed by atoms with van der Waals surface area (Å²) in [7, 11) is -0.628. The number of ether oxygens (including phenoxy) is 1. The van der Waals surface area contributed by atoms with Crippen molar-refractivity contribution in [1.82, 2.24) is 9.29 Å². The number of rotatable bonds is 7. The van der Waals surface area contributed by atoms with E-state index < -0.39 is 16.6 Å². The van der Waals surface area contributed by atoms with Crippen molar-refractivity contribution in [2.45, 2.75) is 22.5 Å². The molecule has 0 unspecified atom stereocenters. The summed E-state index contributed by atoms with van der Waals surface area (Å²) in [5.41, 5.74) is 1.80. The third kappa shape index (κ3) is 4.57. The largest absolute Gasteiger partial charge is 0.435 e. The zero-order valence-electron chi connectivity index (χ0n) is 14.4. The van der Waals surface area contributed by atoms with E-state index in [1.807, 2.05) is 0 Å². The van der Waals surface area contributed by atoms with E-state index in [0.717, 1.165) is 9.87 Å². The topological polar surface area (TPSA) is 72.6 Å². The highest BCUT2D eigenvalue weighted by molar-refractivity contribution is 7.98. The molecule has 2 aromatic carbocycles. The van der Waals surface area contributed by atoms with Gasteiger partial charge in [-0.1, -0.05) is 23.9 Å². The van der Waals surface area contributed by atoms with Crippen molar-refractivity contribution in [1.29, 1.82) is 0 Å². The number of benzene rings is 2. The van der Waals surface area contributed by atoms with Crippen molar-refractivity contribution in [3.8, 4) is 5.75 Å². The lowest BCUT2D eigenvalue weighted by molar-refractivity contribution is -0.0498. The SMILES string of the molecule is CN(C)S(=O)(=O)c1ccc2oc(SCc3ccc(OC(F)F)cc3)nc2c1. The van der Waals surface area contributed by atoms with Crippen molar-refractivity contribution in [2.24, 2.45) is 0 Å². The van der Waals surface area contributed by atoms with Gasteiger partial charge in [0.15, 0.2) is 5.58 Å². The number of sulfonamides is 1. The van der Waals surface area contributed by atoms with E-state index in [-0.39, 0.29) is 10.6 Å². The Kier molecular flexibility index (Phi) is 5.68. The van der Waals surface area contributed by atoms with Crippen molar-refractivity contribution in [2.75, 3.05) is 14.1 Å². The summed E-state index contributed by atoms with van der Waals surface area (Å²) in [4.78, 5) is 4.45. The molecule has 6 nitrogen and oxygen atoms in total. The second-order valence-electron chi connectivity index (χ2n) is 5.71. The van der Waals surface area contributed by atoms with Gasteiger partial charge in [0.1, 0.15) is 11.3 Å². The number of alkyl halides is 2. The number of fused-ring (bicyclic) bond motifs is 1. The monoisotopic (exact) mass is 414 g/mol. The third-order valence-electron chi connectivity index (χ3n) is 3.63. The number of thioether (sulfide) groups is 1. The van der Waals surface area contributed by atoms with Gasteiger partial charge in [-0.15, -0.1) is 0 Å². The fraction of sp³-hybridized carbons (Fsp3) is 0.235. The lowest BCUT2D eigenvalue weighted by atomic mass is 10.2. The molecule has 0 radical (unpaired) electrons. The van der Waals surface area contributed by atoms with Crippen LogP contribution in [0.5, 0.6) is 5.75 Å². The summed E-state index contributed by atoms with van der Waals surface area (Å²) in [6, 6.07) is 10.8. The standard InChI is InChI=1S/C17H16F2N2O4S2/c1-21(2)27(22,23)13-7-8-15-14(9-13)20-17(25-15)26-10-11-3-5-12(6-4-11)24-16(18)19/h3-9,16H,10H2,1-2H3. The average Bonchev–Trinajstić information content (AvgIpc) is 3.02. The minimum absolute atomic E-state index is 0.0928. The molecular formula is C17H16F2N2O4S2. The quantitative estimate of drug-likeness (QED) is 0.545. The van der Waals surface area contributed by atoms with Crippen molar-refractivity contribution in [3.63, 3.8) is 0 Å². The molecule has 3 aromatic rings. The smallest absolute Gasteiger partial charge is 0.387 e. The summed E-state index contributed by atoms with van der Waals surface area (Å²) >= 11 is 1.31. The number of halogens is 2. The maximum absolute atomic E-state index is 12.2. The minimum atomic E-state index is -3.55. The molecule has 0 N–H and O–H groups in total. The van der Waals surface area contributed by atoms with E-state index in [2.05, 4.69) is 9.72 Å². The molecule has 10 heteroatoms. The first-order chi connectivity index (χ1) is 12.8. The highest BCUT2D eigenvalue weighted by Crippen LogP contribution is 2.28. The van der Waals surface area contributed by atoms with Crippen LogP contribution in [0.2, 0.25) is 0 Å². The van der Waals surface area contributed by atoms with Gasteiger partial charge in [-0.2, -0.15) is 8.78 Å². The van der Waals surface area contributed by atoms with Crippen LogP contribution in [0.1, 0.15) is 5.56 Å². The van der Waals surface area contributed by atoms with Gasteiger partial charge in [0.25, 0.3) is 5.22 Å². The van der Waals surface area contributed by atoms with Gasteiger partial charge in [0, 0.05) is 19.8 Å². The highest BCUT2D eigenvalue weighted by Gasteiger charge is 2.19. The summed E-state index contributed by atoms with van der Waals surface area (Å²) in [6.07, 6.45) is 0. The van der Waals surface area contributed by atoms with Crippen LogP contribution in [0.25, 0.3) is 11.1 Å². The molecule has 3 rings (SSSR count). The Morgan fingerprint density at radius 2 is 1.89 bits per heavy atom. The van der Waals surface area contributed by atoms with Gasteiger partial charge < -0.3 is 9.15 Å². The highest BCUT2D eigenvalue weighted by atomic mass is 32.2. The van der Waals surface area contributed by atoms with Crippen LogP contribution in [0.15, 0.2) is 57.0 Å². The van der Waals surface area contributed by atoms with E-state index in [4.69, 9.17) is 4.42 Å². The van der Waals surface area contributed by atoms with Crippen LogP contribution in [0, 0.1) is 0 Å². The van der Waals surface area contributed by atoms with Gasteiger partial charge in [0.05, 0.1) is 4.90 Å². The molecular weight excluding hydrogens is 398 g/mol. The van der Waals surface area contributed by atoms with Crippen LogP contribution >= 0.6 is 11.8 Å². The summed E-state index contributed by atoms with van der Waals surface area (Å²) < 4.78 is 59.7. The molecule has 1 heterocycles. The molecule has 1 aromatic heterocycles. The lowest BCUT2D eigenvalue weighted by Crippen LogP contribution is -2.22. The summed E-state index contributed by atoms with van der Waals surface area (Å²) in [5.74, 6) is 0.597. The molecule has 0 bridgehead atoms. The zero-order chi connectivity index (χ0) is 19.6. The molecule has 0 fully saturated rings. The Morgan fingerprint density at radius 1 is 1.19 bits per heavy atom. The Bertz CT molecular complexity index is 1030. The molecule has 0 aliphatic rings. The number of hydrogen-bond donors (Lipinski definition) is 0. The van der Waals surface area contributed by atoms with E-state index >= 15 is 0 Å². The number of oxazole rings is 1. The van der Waals surface area contributed by atoms with Crippen LogP contribution in [0.3, 0.4) is 0 Å². The first-order valence-corrected chi connectivity index (χ1v) is 10.2. The van der Waals surface area contributed by atoms with Gasteiger partial charge >= 0.3 is 6.61 Å². The second kappa shape index (κ2) is 7.83. The average molecular weight is 414 g/mol. The van der Waals surface area contributed by atoms with E-state index in [0.29, 0.717) is 22.1 Å². The molecule has 27 heavy (non-hydrogen) atoms. The second-order valence-corrected chi connectivity index (χ2v) is 8.79. The first-order valence-electron chi connectivity index (χ1n) is 7.75. The fourth-order valence-corrected chi connectivity index (χ4v) is 3.95. The molecule has 0 saturated heterocycles. The molecule has 0 aliphatic carbocycles. The van der Waals surface area contributed by atoms with Crippen molar-refractivity contribution >= 4 is 32.9 Å². The van der Waals surface area contributed by atoms with E-state index in [1.165, 1.54) is 50.1 Å². The number of aromatic nitrogens is 1. The van der Waals surface area contributed by atoms with Gasteiger partial charge in [-0.3, -0.25) is 0 Å². The molecule has 0 atom stereocenters.